The number of aliphatic hydroxyl groups excluding tert-OH is 1. The first-order chi connectivity index (χ1) is 9.47. The van der Waals surface area contributed by atoms with Crippen LogP contribution in [0.25, 0.3) is 0 Å². The lowest BCUT2D eigenvalue weighted by Gasteiger charge is -2.22. The Morgan fingerprint density at radius 3 is 2.14 bits per heavy atom. The minimum atomic E-state index is -3.33. The van der Waals surface area contributed by atoms with Gasteiger partial charge in [0.25, 0.3) is 0 Å². The molecule has 0 radical (unpaired) electrons. The van der Waals surface area contributed by atoms with Crippen LogP contribution in [0.3, 0.4) is 0 Å². The number of rotatable bonds is 6. The third kappa shape index (κ3) is 7.60. The molecule has 0 fully saturated rings. The third-order valence-corrected chi connectivity index (χ3v) is 4.65. The van der Waals surface area contributed by atoms with Gasteiger partial charge in [0.15, 0.2) is 9.84 Å². The molecule has 0 saturated heterocycles. The van der Waals surface area contributed by atoms with Crippen LogP contribution in [-0.4, -0.2) is 37.5 Å². The van der Waals surface area contributed by atoms with Crippen molar-refractivity contribution in [1.29, 1.82) is 0 Å². The van der Waals surface area contributed by atoms with E-state index in [0.29, 0.717) is 0 Å². The first kappa shape index (κ1) is 18.1. The molecule has 0 aromatic heterocycles. The molecule has 4 nitrogen and oxygen atoms in total. The molecule has 1 aromatic rings. The van der Waals surface area contributed by atoms with Crippen LogP contribution in [0.4, 0.5) is 0 Å². The molecule has 5 heteroatoms. The minimum Gasteiger partial charge on any atom is -0.391 e. The first-order valence-corrected chi connectivity index (χ1v) is 9.00. The number of aryl methyl sites for hydroxylation is 2. The quantitative estimate of drug-likeness (QED) is 0.842. The zero-order valence-corrected chi connectivity index (χ0v) is 14.4. The molecule has 1 unspecified atom stereocenters. The molecule has 1 rings (SSSR count). The Morgan fingerprint density at radius 2 is 1.67 bits per heavy atom. The monoisotopic (exact) mass is 313 g/mol. The maximum Gasteiger partial charge on any atom is 0.157 e. The van der Waals surface area contributed by atoms with Crippen molar-refractivity contribution in [3.8, 4) is 0 Å². The van der Waals surface area contributed by atoms with E-state index in [1.165, 1.54) is 0 Å². The van der Waals surface area contributed by atoms with Gasteiger partial charge in [-0.2, -0.15) is 0 Å². The minimum absolute atomic E-state index is 0.0257. The topological polar surface area (TPSA) is 66.4 Å². The fourth-order valence-electron chi connectivity index (χ4n) is 2.24. The summed E-state index contributed by atoms with van der Waals surface area (Å²) in [6.07, 6.45) is -0.889. The van der Waals surface area contributed by atoms with Crippen molar-refractivity contribution in [2.24, 2.45) is 0 Å². The zero-order chi connectivity index (χ0) is 16.3. The van der Waals surface area contributed by atoms with Crippen LogP contribution in [0.1, 0.15) is 37.5 Å². The Bertz CT molecular complexity index is 553. The molecule has 0 aliphatic rings. The molecule has 0 aliphatic carbocycles. The summed E-state index contributed by atoms with van der Waals surface area (Å²) in [4.78, 5) is 0. The average Bonchev–Trinajstić information content (AvgIpc) is 2.22. The fourth-order valence-corrected chi connectivity index (χ4v) is 3.74. The van der Waals surface area contributed by atoms with Gasteiger partial charge >= 0.3 is 0 Å². The lowest BCUT2D eigenvalue weighted by molar-refractivity contribution is 0.181. The lowest BCUT2D eigenvalue weighted by atomic mass is 10.1. The van der Waals surface area contributed by atoms with Gasteiger partial charge in [0, 0.05) is 12.1 Å². The summed E-state index contributed by atoms with van der Waals surface area (Å²) in [5.74, 6) is -0.245. The Kier molecular flexibility index (Phi) is 5.96. The van der Waals surface area contributed by atoms with E-state index in [9.17, 15) is 13.5 Å². The second kappa shape index (κ2) is 6.90. The Morgan fingerprint density at radius 1 is 1.14 bits per heavy atom. The van der Waals surface area contributed by atoms with Crippen molar-refractivity contribution in [2.75, 3.05) is 12.3 Å². The summed E-state index contributed by atoms with van der Waals surface area (Å²) in [6, 6.07) is 5.77. The van der Waals surface area contributed by atoms with Gasteiger partial charge in [0.2, 0.25) is 0 Å². The standard InChI is InChI=1S/C16H27NO3S/c1-12-6-13(2)8-14(7-12)10-21(19,20)11-15(18)9-17-16(3,4)5/h6-8,15,17-18H,9-11H2,1-5H3. The molecule has 120 valence electrons. The summed E-state index contributed by atoms with van der Waals surface area (Å²) in [5, 5.41) is 13.0. The van der Waals surface area contributed by atoms with Gasteiger partial charge in [-0.1, -0.05) is 29.3 Å². The van der Waals surface area contributed by atoms with Crippen molar-refractivity contribution in [3.63, 3.8) is 0 Å². The van der Waals surface area contributed by atoms with Gasteiger partial charge in [0.05, 0.1) is 17.6 Å². The molecule has 0 heterocycles. The normalized spacial score (nSPS) is 14.2. The second-order valence-corrected chi connectivity index (χ2v) is 8.94. The third-order valence-electron chi connectivity index (χ3n) is 2.98. The number of nitrogens with one attached hydrogen (secondary N) is 1. The molecule has 1 aromatic carbocycles. The number of hydrogen-bond donors (Lipinski definition) is 2. The first-order valence-electron chi connectivity index (χ1n) is 7.17. The number of hydrogen-bond acceptors (Lipinski definition) is 4. The molecule has 2 N–H and O–H groups in total. The van der Waals surface area contributed by atoms with E-state index in [0.717, 1.165) is 16.7 Å². The SMILES string of the molecule is Cc1cc(C)cc(CS(=O)(=O)CC(O)CNC(C)(C)C)c1. The number of aliphatic hydroxyl groups is 1. The summed E-state index contributed by atoms with van der Waals surface area (Å²) in [5.41, 5.74) is 2.74. The van der Waals surface area contributed by atoms with Crippen molar-refractivity contribution in [3.05, 3.63) is 34.9 Å². The highest BCUT2D eigenvalue weighted by atomic mass is 32.2. The molecule has 0 aliphatic heterocycles. The van der Waals surface area contributed by atoms with Crippen molar-refractivity contribution < 1.29 is 13.5 Å². The number of sulfone groups is 1. The molecule has 0 bridgehead atoms. The molecular formula is C16H27NO3S. The molecule has 21 heavy (non-hydrogen) atoms. The van der Waals surface area contributed by atoms with Crippen molar-refractivity contribution in [2.45, 2.75) is 52.0 Å². The van der Waals surface area contributed by atoms with Crippen LogP contribution in [0, 0.1) is 13.8 Å². The van der Waals surface area contributed by atoms with Gasteiger partial charge in [-0.3, -0.25) is 0 Å². The summed E-state index contributed by atoms with van der Waals surface area (Å²) in [6.45, 7) is 10.1. The van der Waals surface area contributed by atoms with Crippen LogP contribution in [0.2, 0.25) is 0 Å². The summed E-state index contributed by atoms with van der Waals surface area (Å²) in [7, 11) is -3.33. The smallest absolute Gasteiger partial charge is 0.157 e. The van der Waals surface area contributed by atoms with E-state index < -0.39 is 15.9 Å². The maximum atomic E-state index is 12.2. The predicted octanol–water partition coefficient (Wildman–Crippen LogP) is 1.97. The molecule has 0 spiro atoms. The molecule has 0 amide bonds. The van der Waals surface area contributed by atoms with Gasteiger partial charge in [-0.15, -0.1) is 0 Å². The maximum absolute atomic E-state index is 12.2. The van der Waals surface area contributed by atoms with E-state index in [1.54, 1.807) is 0 Å². The van der Waals surface area contributed by atoms with Gasteiger partial charge < -0.3 is 10.4 Å². The molecule has 1 atom stereocenters. The Balaban J connectivity index is 2.65. The van der Waals surface area contributed by atoms with E-state index in [1.807, 2.05) is 52.8 Å². The highest BCUT2D eigenvalue weighted by Gasteiger charge is 2.20. The predicted molar refractivity (Wildman–Crippen MR) is 87.2 cm³/mol. The van der Waals surface area contributed by atoms with E-state index in [2.05, 4.69) is 5.32 Å². The lowest BCUT2D eigenvalue weighted by Crippen LogP contribution is -2.42. The van der Waals surface area contributed by atoms with Crippen LogP contribution in [0.15, 0.2) is 18.2 Å². The highest BCUT2D eigenvalue weighted by molar-refractivity contribution is 7.90. The second-order valence-electron chi connectivity index (χ2n) is 6.84. The Hall–Kier alpha value is -0.910. The van der Waals surface area contributed by atoms with Gasteiger partial charge in [-0.05, 0) is 40.2 Å². The molecular weight excluding hydrogens is 286 g/mol. The van der Waals surface area contributed by atoms with E-state index >= 15 is 0 Å². The molecule has 0 saturated carbocycles. The summed E-state index contributed by atoms with van der Waals surface area (Å²) < 4.78 is 24.3. The van der Waals surface area contributed by atoms with Crippen LogP contribution >= 0.6 is 0 Å². The van der Waals surface area contributed by atoms with Crippen LogP contribution in [0.5, 0.6) is 0 Å². The van der Waals surface area contributed by atoms with Gasteiger partial charge in [0.1, 0.15) is 0 Å². The van der Waals surface area contributed by atoms with Gasteiger partial charge in [-0.25, -0.2) is 8.42 Å². The largest absolute Gasteiger partial charge is 0.391 e. The average molecular weight is 313 g/mol. The van der Waals surface area contributed by atoms with Crippen LogP contribution < -0.4 is 5.32 Å². The zero-order valence-electron chi connectivity index (χ0n) is 13.6. The Labute approximate surface area is 128 Å². The van der Waals surface area contributed by atoms with E-state index in [4.69, 9.17) is 0 Å². The number of β-amino-alcohol motifs (C(OH)–C–C–N with tert-alkyl or cyclic N) is 1. The summed E-state index contributed by atoms with van der Waals surface area (Å²) >= 11 is 0. The van der Waals surface area contributed by atoms with E-state index in [-0.39, 0.29) is 23.6 Å². The fraction of sp³-hybridized carbons (Fsp3) is 0.625. The van der Waals surface area contributed by atoms with Crippen molar-refractivity contribution >= 4 is 9.84 Å². The highest BCUT2D eigenvalue weighted by Crippen LogP contribution is 2.13. The number of benzene rings is 1. The van der Waals surface area contributed by atoms with Crippen molar-refractivity contribution in [1.82, 2.24) is 5.32 Å². The van der Waals surface area contributed by atoms with Crippen LogP contribution in [-0.2, 0) is 15.6 Å².